The summed E-state index contributed by atoms with van der Waals surface area (Å²) < 4.78 is 5.16. The van der Waals surface area contributed by atoms with E-state index in [1.54, 1.807) is 25.9 Å². The Balaban J connectivity index is 2.69. The summed E-state index contributed by atoms with van der Waals surface area (Å²) in [5.41, 5.74) is 0. The highest BCUT2D eigenvalue weighted by Gasteiger charge is 2.39. The van der Waals surface area contributed by atoms with Gasteiger partial charge in [-0.3, -0.25) is 14.5 Å². The van der Waals surface area contributed by atoms with Crippen LogP contribution in [0.1, 0.15) is 6.92 Å². The number of carboxylic acid groups (broad SMARTS) is 1. The highest BCUT2D eigenvalue weighted by Crippen LogP contribution is 2.20. The number of amides is 1. The molecule has 0 aliphatic carbocycles. The molecule has 1 aliphatic rings. The number of hydrogen-bond acceptors (Lipinski definition) is 4. The molecule has 1 saturated heterocycles. The van der Waals surface area contributed by atoms with Crippen molar-refractivity contribution >= 4 is 11.9 Å². The third-order valence-corrected chi connectivity index (χ3v) is 3.13. The zero-order valence-electron chi connectivity index (χ0n) is 9.77. The maximum Gasteiger partial charge on any atom is 0.310 e. The number of hydrogen-bond donors (Lipinski definition) is 2. The molecule has 6 nitrogen and oxygen atoms in total. The second kappa shape index (κ2) is 5.27. The van der Waals surface area contributed by atoms with Crippen molar-refractivity contribution in [3.63, 3.8) is 0 Å². The number of ether oxygens (including phenoxy) is 1. The van der Waals surface area contributed by atoms with Crippen molar-refractivity contribution < 1.29 is 19.4 Å². The van der Waals surface area contributed by atoms with Gasteiger partial charge in [0.2, 0.25) is 5.91 Å². The maximum atomic E-state index is 11.4. The molecule has 0 aromatic rings. The molecule has 1 aliphatic heterocycles. The molecular weight excluding hydrogens is 212 g/mol. The molecule has 3 unspecified atom stereocenters. The molecule has 0 aromatic heterocycles. The number of likely N-dealkylation sites (N-methyl/N-ethyl adjacent to an activating group) is 2. The van der Waals surface area contributed by atoms with Gasteiger partial charge in [-0.15, -0.1) is 0 Å². The first-order valence-electron chi connectivity index (χ1n) is 5.23. The van der Waals surface area contributed by atoms with Crippen molar-refractivity contribution in [1.29, 1.82) is 0 Å². The highest BCUT2D eigenvalue weighted by atomic mass is 16.5. The minimum atomic E-state index is -0.876. The van der Waals surface area contributed by atoms with E-state index in [1.165, 1.54) is 0 Å². The normalized spacial score (nSPS) is 26.8. The standard InChI is InChI=1S/C10H18N2O4/c1-6(9(13)11-2)12(3)8-5-16-4-7(8)10(14)15/h6-8H,4-5H2,1-3H3,(H,11,13)(H,14,15). The Labute approximate surface area is 94.6 Å². The van der Waals surface area contributed by atoms with E-state index in [0.29, 0.717) is 6.61 Å². The molecule has 2 N–H and O–H groups in total. The van der Waals surface area contributed by atoms with Gasteiger partial charge in [0.25, 0.3) is 0 Å². The Morgan fingerprint density at radius 2 is 2.12 bits per heavy atom. The molecule has 1 fully saturated rings. The van der Waals surface area contributed by atoms with Crippen LogP contribution in [0.2, 0.25) is 0 Å². The summed E-state index contributed by atoms with van der Waals surface area (Å²) in [6, 6.07) is -0.608. The van der Waals surface area contributed by atoms with Crippen molar-refractivity contribution in [1.82, 2.24) is 10.2 Å². The monoisotopic (exact) mass is 230 g/mol. The molecule has 0 bridgehead atoms. The molecule has 16 heavy (non-hydrogen) atoms. The topological polar surface area (TPSA) is 78.9 Å². The minimum Gasteiger partial charge on any atom is -0.481 e. The zero-order chi connectivity index (χ0) is 12.3. The first kappa shape index (κ1) is 12.9. The van der Waals surface area contributed by atoms with Crippen LogP contribution in [0.3, 0.4) is 0 Å². The van der Waals surface area contributed by atoms with E-state index < -0.39 is 11.9 Å². The van der Waals surface area contributed by atoms with Crippen LogP contribution in [0.15, 0.2) is 0 Å². The van der Waals surface area contributed by atoms with Gasteiger partial charge in [-0.05, 0) is 14.0 Å². The smallest absolute Gasteiger partial charge is 0.310 e. The molecular formula is C10H18N2O4. The fourth-order valence-corrected chi connectivity index (χ4v) is 1.86. The minimum absolute atomic E-state index is 0.126. The molecule has 0 aromatic carbocycles. The van der Waals surface area contributed by atoms with E-state index in [0.717, 1.165) is 0 Å². The molecule has 0 spiro atoms. The average Bonchev–Trinajstić information content (AvgIpc) is 2.74. The molecule has 0 radical (unpaired) electrons. The summed E-state index contributed by atoms with van der Waals surface area (Å²) >= 11 is 0. The van der Waals surface area contributed by atoms with Crippen LogP contribution >= 0.6 is 0 Å². The molecule has 6 heteroatoms. The zero-order valence-corrected chi connectivity index (χ0v) is 9.77. The number of carbonyl (C=O) groups is 2. The Morgan fingerprint density at radius 3 is 2.62 bits per heavy atom. The highest BCUT2D eigenvalue weighted by molar-refractivity contribution is 5.81. The fourth-order valence-electron chi connectivity index (χ4n) is 1.86. The van der Waals surface area contributed by atoms with Gasteiger partial charge < -0.3 is 15.2 Å². The van der Waals surface area contributed by atoms with E-state index >= 15 is 0 Å². The van der Waals surface area contributed by atoms with Crippen molar-refractivity contribution in [2.24, 2.45) is 5.92 Å². The Morgan fingerprint density at radius 1 is 1.50 bits per heavy atom. The van der Waals surface area contributed by atoms with Gasteiger partial charge >= 0.3 is 5.97 Å². The van der Waals surface area contributed by atoms with E-state index in [4.69, 9.17) is 9.84 Å². The van der Waals surface area contributed by atoms with Gasteiger partial charge in [-0.2, -0.15) is 0 Å². The summed E-state index contributed by atoms with van der Waals surface area (Å²) in [6.45, 7) is 2.32. The van der Waals surface area contributed by atoms with Crippen LogP contribution in [-0.2, 0) is 14.3 Å². The number of aliphatic carboxylic acids is 1. The predicted octanol–water partition coefficient (Wildman–Crippen LogP) is -0.848. The van der Waals surface area contributed by atoms with E-state index in [2.05, 4.69) is 5.32 Å². The Hall–Kier alpha value is -1.14. The van der Waals surface area contributed by atoms with Crippen LogP contribution in [0.4, 0.5) is 0 Å². The summed E-state index contributed by atoms with van der Waals surface area (Å²) in [5, 5.41) is 11.5. The largest absolute Gasteiger partial charge is 0.481 e. The number of nitrogens with one attached hydrogen (secondary N) is 1. The number of nitrogens with zero attached hydrogens (tertiary/aromatic N) is 1. The van der Waals surface area contributed by atoms with Crippen molar-refractivity contribution in [2.75, 3.05) is 27.3 Å². The summed E-state index contributed by atoms with van der Waals surface area (Å²) in [7, 11) is 3.31. The van der Waals surface area contributed by atoms with Gasteiger partial charge in [0.05, 0.1) is 25.2 Å². The predicted molar refractivity (Wildman–Crippen MR) is 57.0 cm³/mol. The first-order valence-corrected chi connectivity index (χ1v) is 5.23. The lowest BCUT2D eigenvalue weighted by atomic mass is 10.0. The van der Waals surface area contributed by atoms with Gasteiger partial charge in [0, 0.05) is 13.1 Å². The molecule has 3 atom stereocenters. The van der Waals surface area contributed by atoms with Gasteiger partial charge in [-0.1, -0.05) is 0 Å². The van der Waals surface area contributed by atoms with Crippen LogP contribution in [-0.4, -0.2) is 61.3 Å². The number of rotatable bonds is 4. The summed E-state index contributed by atoms with van der Waals surface area (Å²) in [6.07, 6.45) is 0. The first-order chi connectivity index (χ1) is 7.49. The summed E-state index contributed by atoms with van der Waals surface area (Å²) in [4.78, 5) is 24.2. The van der Waals surface area contributed by atoms with Gasteiger partial charge in [0.1, 0.15) is 0 Å². The number of carbonyl (C=O) groups excluding carboxylic acids is 1. The van der Waals surface area contributed by atoms with Crippen LogP contribution in [0, 0.1) is 5.92 Å². The lowest BCUT2D eigenvalue weighted by Gasteiger charge is -2.30. The molecule has 1 amide bonds. The number of carboxylic acids is 1. The molecule has 92 valence electrons. The van der Waals surface area contributed by atoms with Crippen LogP contribution in [0.5, 0.6) is 0 Å². The van der Waals surface area contributed by atoms with E-state index in [-0.39, 0.29) is 24.6 Å². The lowest BCUT2D eigenvalue weighted by Crippen LogP contribution is -2.50. The third-order valence-electron chi connectivity index (χ3n) is 3.13. The average molecular weight is 230 g/mol. The lowest BCUT2D eigenvalue weighted by molar-refractivity contribution is -0.144. The van der Waals surface area contributed by atoms with Crippen LogP contribution < -0.4 is 5.32 Å². The second-order valence-electron chi connectivity index (χ2n) is 4.01. The molecule has 1 rings (SSSR count). The van der Waals surface area contributed by atoms with Crippen molar-refractivity contribution in [3.05, 3.63) is 0 Å². The van der Waals surface area contributed by atoms with E-state index in [9.17, 15) is 9.59 Å². The Kier molecular flexibility index (Phi) is 4.26. The molecule has 1 heterocycles. The second-order valence-corrected chi connectivity index (χ2v) is 4.01. The van der Waals surface area contributed by atoms with Gasteiger partial charge in [0.15, 0.2) is 0 Å². The quantitative estimate of drug-likeness (QED) is 0.658. The molecule has 0 saturated carbocycles. The SMILES string of the molecule is CNC(=O)C(C)N(C)C1COCC1C(=O)O. The fraction of sp³-hybridized carbons (Fsp3) is 0.800. The summed E-state index contributed by atoms with van der Waals surface area (Å²) in [5.74, 6) is -1.56. The Bertz CT molecular complexity index is 282. The van der Waals surface area contributed by atoms with Gasteiger partial charge in [-0.25, -0.2) is 0 Å². The van der Waals surface area contributed by atoms with Crippen molar-refractivity contribution in [3.8, 4) is 0 Å². The van der Waals surface area contributed by atoms with E-state index in [1.807, 2.05) is 0 Å². The van der Waals surface area contributed by atoms with Crippen LogP contribution in [0.25, 0.3) is 0 Å². The third kappa shape index (κ3) is 2.51. The van der Waals surface area contributed by atoms with Crippen molar-refractivity contribution in [2.45, 2.75) is 19.0 Å². The maximum absolute atomic E-state index is 11.4.